The number of hydrogen-bond donors (Lipinski definition) is 2. The number of ether oxygens (including phenoxy) is 4. The number of dihydropyridines is 1. The fourth-order valence-electron chi connectivity index (χ4n) is 5.11. The molecule has 1 aliphatic carbocycles. The van der Waals surface area contributed by atoms with Crippen molar-refractivity contribution in [1.82, 2.24) is 5.32 Å². The second-order valence-corrected chi connectivity index (χ2v) is 9.76. The number of carbonyl (C=O) groups is 2. The number of allylic oxidation sites excluding steroid dienone is 3. The van der Waals surface area contributed by atoms with Crippen LogP contribution in [0.3, 0.4) is 0 Å². The normalized spacial score (nSPS) is 19.2. The number of aromatic hydroxyl groups is 1. The SMILES string of the molecule is CCOC(=O)C1=C(C)NC2=C(C(=O)CC(c3ccc(OC)c(OC)c3)C2)C1c1cc(Br)c(O)c(OC)c1. The van der Waals surface area contributed by atoms with Gasteiger partial charge >= 0.3 is 5.97 Å². The van der Waals surface area contributed by atoms with Gasteiger partial charge in [-0.05, 0) is 77.5 Å². The van der Waals surface area contributed by atoms with E-state index in [-0.39, 0.29) is 36.2 Å². The third-order valence-corrected chi connectivity index (χ3v) is 7.41. The van der Waals surface area contributed by atoms with Crippen LogP contribution in [0.2, 0.25) is 0 Å². The Morgan fingerprint density at radius 3 is 2.35 bits per heavy atom. The molecule has 0 saturated carbocycles. The zero-order valence-corrected chi connectivity index (χ0v) is 23.0. The van der Waals surface area contributed by atoms with Gasteiger partial charge in [0, 0.05) is 29.3 Å². The van der Waals surface area contributed by atoms with E-state index < -0.39 is 11.9 Å². The Bertz CT molecular complexity index is 1310. The van der Waals surface area contributed by atoms with Gasteiger partial charge in [0.15, 0.2) is 28.8 Å². The van der Waals surface area contributed by atoms with Crippen molar-refractivity contribution in [1.29, 1.82) is 0 Å². The van der Waals surface area contributed by atoms with Gasteiger partial charge in [-0.1, -0.05) is 6.07 Å². The van der Waals surface area contributed by atoms with E-state index in [1.807, 2.05) is 18.2 Å². The summed E-state index contributed by atoms with van der Waals surface area (Å²) < 4.78 is 22.0. The molecular weight excluding hydrogens is 542 g/mol. The fourth-order valence-corrected chi connectivity index (χ4v) is 5.57. The van der Waals surface area contributed by atoms with Crippen LogP contribution >= 0.6 is 15.9 Å². The van der Waals surface area contributed by atoms with E-state index in [0.29, 0.717) is 44.8 Å². The molecule has 1 aliphatic heterocycles. The third-order valence-electron chi connectivity index (χ3n) is 6.81. The number of hydrogen-bond acceptors (Lipinski definition) is 8. The van der Waals surface area contributed by atoms with Crippen LogP contribution in [-0.4, -0.2) is 44.8 Å². The highest BCUT2D eigenvalue weighted by Crippen LogP contribution is 2.48. The number of carbonyl (C=O) groups excluding carboxylic acids is 2. The molecule has 0 radical (unpaired) electrons. The number of Topliss-reactive ketones (excluding diaryl/α,β-unsaturated/α-hetero) is 1. The van der Waals surface area contributed by atoms with Gasteiger partial charge in [-0.25, -0.2) is 4.79 Å². The van der Waals surface area contributed by atoms with Gasteiger partial charge in [-0.15, -0.1) is 0 Å². The molecule has 0 spiro atoms. The van der Waals surface area contributed by atoms with Crippen molar-refractivity contribution in [3.05, 3.63) is 68.5 Å². The van der Waals surface area contributed by atoms with Crippen molar-refractivity contribution in [3.8, 4) is 23.0 Å². The van der Waals surface area contributed by atoms with Crippen molar-refractivity contribution < 1.29 is 33.6 Å². The zero-order chi connectivity index (χ0) is 26.9. The standard InChI is InChI=1S/C28H30BrNO7/c1-6-37-28(33)24-14(2)30-19-10-16(15-7-8-21(34-3)22(12-15)35-4)11-20(31)26(19)25(24)17-9-18(29)27(32)23(13-17)36-5/h7-9,12-13,16,25,30,32H,6,10-11H2,1-5H3. The van der Waals surface area contributed by atoms with Crippen LogP contribution in [0.4, 0.5) is 0 Å². The smallest absolute Gasteiger partial charge is 0.336 e. The lowest BCUT2D eigenvalue weighted by atomic mass is 9.71. The topological polar surface area (TPSA) is 103 Å². The Labute approximate surface area is 224 Å². The van der Waals surface area contributed by atoms with Crippen molar-refractivity contribution in [2.24, 2.45) is 0 Å². The third kappa shape index (κ3) is 4.92. The summed E-state index contributed by atoms with van der Waals surface area (Å²) in [4.78, 5) is 26.9. The van der Waals surface area contributed by atoms with E-state index in [9.17, 15) is 14.7 Å². The van der Waals surface area contributed by atoms with E-state index in [0.717, 1.165) is 11.3 Å². The minimum atomic E-state index is -0.681. The quantitative estimate of drug-likeness (QED) is 0.442. The minimum Gasteiger partial charge on any atom is -0.503 e. The number of nitrogens with one attached hydrogen (secondary N) is 1. The number of halogens is 1. The number of rotatable bonds is 7. The molecule has 2 aromatic rings. The highest BCUT2D eigenvalue weighted by molar-refractivity contribution is 9.10. The van der Waals surface area contributed by atoms with Crippen LogP contribution in [0.15, 0.2) is 57.3 Å². The molecule has 2 aliphatic rings. The van der Waals surface area contributed by atoms with Gasteiger partial charge in [0.2, 0.25) is 0 Å². The molecule has 37 heavy (non-hydrogen) atoms. The molecule has 9 heteroatoms. The minimum absolute atomic E-state index is 0.0590. The number of ketones is 1. The van der Waals surface area contributed by atoms with Crippen molar-refractivity contribution >= 4 is 27.7 Å². The summed E-state index contributed by atoms with van der Waals surface area (Å²) in [5.74, 6) is 0.0566. The van der Waals surface area contributed by atoms with Gasteiger partial charge in [-0.2, -0.15) is 0 Å². The van der Waals surface area contributed by atoms with Crippen LogP contribution < -0.4 is 19.5 Å². The molecule has 8 nitrogen and oxygen atoms in total. The molecule has 0 fully saturated rings. The lowest BCUT2D eigenvalue weighted by Gasteiger charge is -2.37. The highest BCUT2D eigenvalue weighted by Gasteiger charge is 2.42. The monoisotopic (exact) mass is 571 g/mol. The van der Waals surface area contributed by atoms with E-state index in [1.165, 1.54) is 7.11 Å². The van der Waals surface area contributed by atoms with Gasteiger partial charge in [0.25, 0.3) is 0 Å². The van der Waals surface area contributed by atoms with Crippen molar-refractivity contribution in [2.75, 3.05) is 27.9 Å². The maximum Gasteiger partial charge on any atom is 0.336 e. The summed E-state index contributed by atoms with van der Waals surface area (Å²) in [6.45, 7) is 3.75. The molecule has 2 unspecified atom stereocenters. The molecule has 0 saturated heterocycles. The predicted molar refractivity (Wildman–Crippen MR) is 141 cm³/mol. The molecule has 2 N–H and O–H groups in total. The van der Waals surface area contributed by atoms with Gasteiger partial charge in [0.1, 0.15) is 0 Å². The summed E-state index contributed by atoms with van der Waals surface area (Å²) in [6, 6.07) is 9.04. The zero-order valence-electron chi connectivity index (χ0n) is 21.4. The van der Waals surface area contributed by atoms with Gasteiger partial charge < -0.3 is 29.4 Å². The Balaban J connectivity index is 1.83. The van der Waals surface area contributed by atoms with Gasteiger partial charge in [-0.3, -0.25) is 4.79 Å². The van der Waals surface area contributed by atoms with Crippen LogP contribution in [0.25, 0.3) is 0 Å². The molecule has 0 aromatic heterocycles. The molecule has 0 amide bonds. The predicted octanol–water partition coefficient (Wildman–Crippen LogP) is 5.11. The first-order valence-electron chi connectivity index (χ1n) is 11.9. The van der Waals surface area contributed by atoms with E-state index in [4.69, 9.17) is 18.9 Å². The average molecular weight is 572 g/mol. The fraction of sp³-hybridized carbons (Fsp3) is 0.357. The molecule has 2 atom stereocenters. The number of phenolic OH excluding ortho intramolecular Hbond substituents is 1. The number of phenols is 1. The molecular formula is C28H30BrNO7. The highest BCUT2D eigenvalue weighted by atomic mass is 79.9. The molecule has 1 heterocycles. The average Bonchev–Trinajstić information content (AvgIpc) is 2.88. The van der Waals surface area contributed by atoms with Crippen LogP contribution in [0.1, 0.15) is 49.7 Å². The van der Waals surface area contributed by atoms with Crippen molar-refractivity contribution in [3.63, 3.8) is 0 Å². The first-order chi connectivity index (χ1) is 17.7. The Kier molecular flexibility index (Phi) is 7.82. The second kappa shape index (κ2) is 10.9. The lowest BCUT2D eigenvalue weighted by molar-refractivity contribution is -0.138. The summed E-state index contributed by atoms with van der Waals surface area (Å²) in [5.41, 5.74) is 3.85. The lowest BCUT2D eigenvalue weighted by Crippen LogP contribution is -2.36. The largest absolute Gasteiger partial charge is 0.503 e. The van der Waals surface area contributed by atoms with E-state index >= 15 is 0 Å². The molecule has 2 aromatic carbocycles. The van der Waals surface area contributed by atoms with E-state index in [2.05, 4.69) is 21.2 Å². The first-order valence-corrected chi connectivity index (χ1v) is 12.7. The second-order valence-electron chi connectivity index (χ2n) is 8.91. The Morgan fingerprint density at radius 1 is 1.03 bits per heavy atom. The molecule has 4 rings (SSSR count). The summed E-state index contributed by atoms with van der Waals surface area (Å²) >= 11 is 3.37. The summed E-state index contributed by atoms with van der Waals surface area (Å²) in [6.07, 6.45) is 0.828. The van der Waals surface area contributed by atoms with Crippen LogP contribution in [-0.2, 0) is 14.3 Å². The van der Waals surface area contributed by atoms with E-state index in [1.54, 1.807) is 40.2 Å². The molecule has 196 valence electrons. The Hall–Kier alpha value is -3.46. The van der Waals surface area contributed by atoms with Crippen LogP contribution in [0.5, 0.6) is 23.0 Å². The maximum absolute atomic E-state index is 13.8. The number of benzene rings is 2. The number of esters is 1. The number of methoxy groups -OCH3 is 3. The Morgan fingerprint density at radius 2 is 1.70 bits per heavy atom. The summed E-state index contributed by atoms with van der Waals surface area (Å²) in [5, 5.41) is 13.7. The van der Waals surface area contributed by atoms with Crippen LogP contribution in [0, 0.1) is 0 Å². The molecule has 0 bridgehead atoms. The summed E-state index contributed by atoms with van der Waals surface area (Å²) in [7, 11) is 4.61. The van der Waals surface area contributed by atoms with Gasteiger partial charge in [0.05, 0.1) is 38.0 Å². The first kappa shape index (κ1) is 26.6. The maximum atomic E-state index is 13.8. The van der Waals surface area contributed by atoms with Crippen molar-refractivity contribution in [2.45, 2.75) is 38.5 Å².